The maximum Gasteiger partial charge on any atom is 0.338 e. The summed E-state index contributed by atoms with van der Waals surface area (Å²) in [5, 5.41) is 0. The number of carbonyl (C=O) groups excluding carboxylic acids is 1. The van der Waals surface area contributed by atoms with E-state index < -0.39 is 12.0 Å². The zero-order chi connectivity index (χ0) is 23.5. The molecule has 1 aromatic heterocycles. The van der Waals surface area contributed by atoms with Gasteiger partial charge in [-0.15, -0.1) is 0 Å². The lowest BCUT2D eigenvalue weighted by atomic mass is 9.95. The van der Waals surface area contributed by atoms with Crippen LogP contribution in [0.3, 0.4) is 0 Å². The first-order valence-electron chi connectivity index (χ1n) is 10.9. The number of rotatable bonds is 6. The number of fused-ring (bicyclic) bond motifs is 1. The van der Waals surface area contributed by atoms with E-state index in [-0.39, 0.29) is 12.2 Å². The summed E-state index contributed by atoms with van der Waals surface area (Å²) in [6, 6.07) is 14.8. The van der Waals surface area contributed by atoms with Crippen molar-refractivity contribution in [1.82, 2.24) is 4.57 Å². The van der Waals surface area contributed by atoms with Crippen LogP contribution < -0.4 is 19.6 Å². The normalized spacial score (nSPS) is 15.8. The maximum absolute atomic E-state index is 13.6. The Bertz CT molecular complexity index is 1400. The van der Waals surface area contributed by atoms with Gasteiger partial charge in [-0.2, -0.15) is 0 Å². The third-order valence-corrected chi connectivity index (χ3v) is 6.36. The molecule has 4 rings (SSSR count). The Labute approximate surface area is 196 Å². The number of allylic oxidation sites excluding steroid dienone is 1. The highest BCUT2D eigenvalue weighted by Crippen LogP contribution is 2.30. The highest BCUT2D eigenvalue weighted by atomic mass is 32.1. The van der Waals surface area contributed by atoms with Crippen molar-refractivity contribution >= 4 is 23.4 Å². The fraction of sp³-hybridized carbons (Fsp3) is 0.269. The summed E-state index contributed by atoms with van der Waals surface area (Å²) in [7, 11) is 0. The highest BCUT2D eigenvalue weighted by molar-refractivity contribution is 7.07. The average molecular weight is 463 g/mol. The first-order valence-corrected chi connectivity index (χ1v) is 11.7. The van der Waals surface area contributed by atoms with E-state index in [1.807, 2.05) is 68.5 Å². The van der Waals surface area contributed by atoms with Crippen molar-refractivity contribution in [3.63, 3.8) is 0 Å². The predicted molar refractivity (Wildman–Crippen MR) is 129 cm³/mol. The van der Waals surface area contributed by atoms with Gasteiger partial charge in [0.15, 0.2) is 4.80 Å². The molecule has 0 aliphatic carbocycles. The number of ether oxygens (including phenoxy) is 2. The topological polar surface area (TPSA) is 69.9 Å². The summed E-state index contributed by atoms with van der Waals surface area (Å²) >= 11 is 1.31. The van der Waals surface area contributed by atoms with Crippen LogP contribution >= 0.6 is 11.3 Å². The minimum absolute atomic E-state index is 0.194. The average Bonchev–Trinajstić information content (AvgIpc) is 3.08. The molecule has 0 amide bonds. The Morgan fingerprint density at radius 1 is 1.12 bits per heavy atom. The Balaban J connectivity index is 1.91. The van der Waals surface area contributed by atoms with Crippen LogP contribution in [-0.4, -0.2) is 23.8 Å². The summed E-state index contributed by atoms with van der Waals surface area (Å²) in [5.41, 5.74) is 3.55. The second-order valence-electron chi connectivity index (χ2n) is 7.72. The molecule has 1 aliphatic rings. The number of hydrogen-bond donors (Lipinski definition) is 0. The lowest BCUT2D eigenvalue weighted by Crippen LogP contribution is -2.39. The van der Waals surface area contributed by atoms with Gasteiger partial charge in [0, 0.05) is 0 Å². The van der Waals surface area contributed by atoms with E-state index in [1.165, 1.54) is 11.3 Å². The molecule has 2 heterocycles. The molecule has 1 aliphatic heterocycles. The Kier molecular flexibility index (Phi) is 6.60. The Morgan fingerprint density at radius 2 is 1.88 bits per heavy atom. The molecular formula is C26H26N2O4S. The zero-order valence-electron chi connectivity index (χ0n) is 19.1. The molecule has 0 radical (unpaired) electrons. The summed E-state index contributed by atoms with van der Waals surface area (Å²) in [5.74, 6) is 0.292. The van der Waals surface area contributed by atoms with Crippen molar-refractivity contribution in [3.8, 4) is 5.75 Å². The van der Waals surface area contributed by atoms with Crippen LogP contribution in [0.25, 0.3) is 6.08 Å². The summed E-state index contributed by atoms with van der Waals surface area (Å²) in [6.07, 6.45) is 1.84. The quantitative estimate of drug-likeness (QED) is 0.526. The number of benzene rings is 2. The van der Waals surface area contributed by atoms with E-state index in [0.29, 0.717) is 27.2 Å². The summed E-state index contributed by atoms with van der Waals surface area (Å²) in [6.45, 7) is 8.30. The first-order chi connectivity index (χ1) is 15.9. The molecule has 33 heavy (non-hydrogen) atoms. The number of esters is 1. The molecule has 3 aromatic rings. The van der Waals surface area contributed by atoms with E-state index >= 15 is 0 Å². The van der Waals surface area contributed by atoms with Crippen LogP contribution in [0.4, 0.5) is 0 Å². The molecule has 1 unspecified atom stereocenters. The van der Waals surface area contributed by atoms with E-state index in [2.05, 4.69) is 4.99 Å². The second kappa shape index (κ2) is 9.58. The smallest absolute Gasteiger partial charge is 0.338 e. The molecule has 0 fully saturated rings. The molecule has 2 aromatic carbocycles. The van der Waals surface area contributed by atoms with Crippen molar-refractivity contribution in [2.24, 2.45) is 4.99 Å². The van der Waals surface area contributed by atoms with Gasteiger partial charge in [-0.25, -0.2) is 9.79 Å². The molecule has 7 heteroatoms. The van der Waals surface area contributed by atoms with Gasteiger partial charge >= 0.3 is 5.97 Å². The largest absolute Gasteiger partial charge is 0.494 e. The predicted octanol–water partition coefficient (Wildman–Crippen LogP) is 3.51. The first kappa shape index (κ1) is 22.7. The minimum Gasteiger partial charge on any atom is -0.494 e. The molecule has 0 spiro atoms. The van der Waals surface area contributed by atoms with Crippen molar-refractivity contribution in [3.05, 3.63) is 96.2 Å². The van der Waals surface area contributed by atoms with Gasteiger partial charge in [-0.1, -0.05) is 53.3 Å². The molecule has 0 N–H and O–H groups in total. The molecule has 0 bridgehead atoms. The van der Waals surface area contributed by atoms with Crippen LogP contribution in [0, 0.1) is 6.92 Å². The van der Waals surface area contributed by atoms with Crippen molar-refractivity contribution in [2.45, 2.75) is 33.7 Å². The van der Waals surface area contributed by atoms with E-state index in [4.69, 9.17) is 9.47 Å². The third kappa shape index (κ3) is 4.54. The van der Waals surface area contributed by atoms with Crippen LogP contribution in [0.2, 0.25) is 0 Å². The number of aryl methyl sites for hydroxylation is 1. The molecule has 0 saturated heterocycles. The number of aromatic nitrogens is 1. The van der Waals surface area contributed by atoms with E-state index in [1.54, 1.807) is 18.4 Å². The van der Waals surface area contributed by atoms with Gasteiger partial charge in [0.2, 0.25) is 0 Å². The standard InChI is InChI=1S/C26H26N2O4S/c1-5-31-20-9-7-8-18(14-20)15-21-24(29)28-23(19-12-10-16(3)11-13-19)22(25(30)32-6-2)17(4)27-26(28)33-21/h7-15,23H,5-6H2,1-4H3/b21-15-. The number of hydrogen-bond acceptors (Lipinski definition) is 6. The van der Waals surface area contributed by atoms with Gasteiger partial charge in [0.05, 0.1) is 35.1 Å². The van der Waals surface area contributed by atoms with Crippen LogP contribution in [-0.2, 0) is 9.53 Å². The second-order valence-corrected chi connectivity index (χ2v) is 8.73. The van der Waals surface area contributed by atoms with Crippen LogP contribution in [0.1, 0.15) is 43.5 Å². The van der Waals surface area contributed by atoms with Gasteiger partial charge in [-0.05, 0) is 57.0 Å². The Morgan fingerprint density at radius 3 is 2.58 bits per heavy atom. The number of nitrogens with zero attached hydrogens (tertiary/aromatic N) is 2. The SMILES string of the molecule is CCOC(=O)C1=C(C)N=c2s/c(=C\c3cccc(OCC)c3)c(=O)n2C1c1ccc(C)cc1. The fourth-order valence-corrected chi connectivity index (χ4v) is 4.91. The maximum atomic E-state index is 13.6. The fourth-order valence-electron chi connectivity index (χ4n) is 3.87. The lowest BCUT2D eigenvalue weighted by molar-refractivity contribution is -0.139. The Hall–Kier alpha value is -3.45. The van der Waals surface area contributed by atoms with Crippen molar-refractivity contribution < 1.29 is 14.3 Å². The third-order valence-electron chi connectivity index (χ3n) is 5.38. The summed E-state index contributed by atoms with van der Waals surface area (Å²) < 4.78 is 13.1. The highest BCUT2D eigenvalue weighted by Gasteiger charge is 2.33. The number of carbonyl (C=O) groups is 1. The van der Waals surface area contributed by atoms with Gasteiger partial charge in [0.25, 0.3) is 5.56 Å². The van der Waals surface area contributed by atoms with Crippen LogP contribution in [0.15, 0.2) is 69.6 Å². The van der Waals surface area contributed by atoms with Crippen molar-refractivity contribution in [1.29, 1.82) is 0 Å². The van der Waals surface area contributed by atoms with Crippen LogP contribution in [0.5, 0.6) is 5.75 Å². The number of thiazole rings is 1. The monoisotopic (exact) mass is 462 g/mol. The lowest BCUT2D eigenvalue weighted by Gasteiger charge is -2.24. The minimum atomic E-state index is -0.599. The van der Waals surface area contributed by atoms with Gasteiger partial charge < -0.3 is 9.47 Å². The molecule has 1 atom stereocenters. The summed E-state index contributed by atoms with van der Waals surface area (Å²) in [4.78, 5) is 31.7. The molecule has 6 nitrogen and oxygen atoms in total. The molecular weight excluding hydrogens is 436 g/mol. The molecule has 0 saturated carbocycles. The zero-order valence-corrected chi connectivity index (χ0v) is 19.9. The van der Waals surface area contributed by atoms with Gasteiger partial charge in [0.1, 0.15) is 5.75 Å². The van der Waals surface area contributed by atoms with Gasteiger partial charge in [-0.3, -0.25) is 9.36 Å². The van der Waals surface area contributed by atoms with E-state index in [9.17, 15) is 9.59 Å². The van der Waals surface area contributed by atoms with Crippen molar-refractivity contribution in [2.75, 3.05) is 13.2 Å². The van der Waals surface area contributed by atoms with E-state index in [0.717, 1.165) is 22.4 Å². The molecule has 170 valence electrons.